The van der Waals surface area contributed by atoms with Gasteiger partial charge in [-0.05, 0) is 43.4 Å². The van der Waals surface area contributed by atoms with Crippen LogP contribution in [0.15, 0.2) is 0 Å². The number of carbonyl (C=O) groups is 4. The largest absolute Gasteiger partial charge is 0.472 e. The molecular weight excluding hydrogens is 1350 g/mol. The molecule has 0 saturated carbocycles. The molecule has 3 N–H and O–H groups in total. The molecule has 0 rings (SSSR count). The molecule has 618 valence electrons. The average molecular weight is 1520 g/mol. The van der Waals surface area contributed by atoms with E-state index in [1.165, 1.54) is 250 Å². The molecule has 0 aliphatic carbocycles. The second kappa shape index (κ2) is 75.1. The van der Waals surface area contributed by atoms with Gasteiger partial charge >= 0.3 is 39.5 Å². The Morgan fingerprint density at radius 2 is 0.490 bits per heavy atom. The fourth-order valence-corrected chi connectivity index (χ4v) is 14.7. The average Bonchev–Trinajstić information content (AvgIpc) is 0.905. The van der Waals surface area contributed by atoms with Crippen LogP contribution in [0.5, 0.6) is 0 Å². The third-order valence-electron chi connectivity index (χ3n) is 20.2. The van der Waals surface area contributed by atoms with Crippen molar-refractivity contribution in [2.75, 3.05) is 39.6 Å². The van der Waals surface area contributed by atoms with Gasteiger partial charge in [0.25, 0.3) is 0 Å². The zero-order valence-corrected chi connectivity index (χ0v) is 70.3. The zero-order chi connectivity index (χ0) is 76.5. The molecule has 104 heavy (non-hydrogen) atoms. The Balaban J connectivity index is 5.23. The van der Waals surface area contributed by atoms with E-state index >= 15 is 0 Å². The molecular formula is C85H166O17P2. The minimum Gasteiger partial charge on any atom is -0.462 e. The number of aliphatic hydroxyl groups excluding tert-OH is 1. The van der Waals surface area contributed by atoms with Crippen molar-refractivity contribution in [3.8, 4) is 0 Å². The maximum absolute atomic E-state index is 13.1. The van der Waals surface area contributed by atoms with E-state index in [-0.39, 0.29) is 25.7 Å². The van der Waals surface area contributed by atoms with Crippen molar-refractivity contribution in [2.45, 2.75) is 465 Å². The Kier molecular flexibility index (Phi) is 73.7. The van der Waals surface area contributed by atoms with Crippen molar-refractivity contribution in [1.29, 1.82) is 0 Å². The van der Waals surface area contributed by atoms with Gasteiger partial charge in [0.2, 0.25) is 0 Å². The van der Waals surface area contributed by atoms with Crippen LogP contribution in [-0.4, -0.2) is 96.7 Å². The number of phosphoric ester groups is 2. The summed E-state index contributed by atoms with van der Waals surface area (Å²) in [6, 6.07) is 0. The summed E-state index contributed by atoms with van der Waals surface area (Å²) in [6.07, 6.45) is 65.3. The van der Waals surface area contributed by atoms with Crippen molar-refractivity contribution >= 4 is 39.5 Å². The molecule has 0 aromatic heterocycles. The van der Waals surface area contributed by atoms with Crippen molar-refractivity contribution in [3.63, 3.8) is 0 Å². The minimum absolute atomic E-state index is 0.106. The molecule has 0 bridgehead atoms. The smallest absolute Gasteiger partial charge is 0.462 e. The molecule has 3 unspecified atom stereocenters. The third-order valence-corrected chi connectivity index (χ3v) is 22.1. The molecule has 17 nitrogen and oxygen atoms in total. The highest BCUT2D eigenvalue weighted by molar-refractivity contribution is 7.47. The molecule has 0 heterocycles. The van der Waals surface area contributed by atoms with E-state index in [4.69, 9.17) is 37.0 Å². The molecule has 0 aromatic rings. The van der Waals surface area contributed by atoms with Crippen LogP contribution >= 0.6 is 15.6 Å². The van der Waals surface area contributed by atoms with Gasteiger partial charge in [-0.3, -0.25) is 37.3 Å². The van der Waals surface area contributed by atoms with Gasteiger partial charge < -0.3 is 33.8 Å². The fourth-order valence-electron chi connectivity index (χ4n) is 13.2. The normalized spacial score (nSPS) is 14.2. The molecule has 0 amide bonds. The third kappa shape index (κ3) is 76.8. The van der Waals surface area contributed by atoms with Gasteiger partial charge in [0, 0.05) is 25.7 Å². The summed E-state index contributed by atoms with van der Waals surface area (Å²) in [5.74, 6) is 0.231. The number of unbranched alkanes of at least 4 members (excludes halogenated alkanes) is 50. The van der Waals surface area contributed by atoms with Crippen LogP contribution in [0.3, 0.4) is 0 Å². The zero-order valence-electron chi connectivity index (χ0n) is 68.5. The van der Waals surface area contributed by atoms with Crippen molar-refractivity contribution < 1.29 is 80.2 Å². The number of esters is 4. The standard InChI is InChI=1S/C85H166O17P2/c1-8-10-11-12-13-14-15-16-17-20-24-29-34-39-44-52-59-66-82(87)95-72-80(101-84(89)68-61-54-45-40-35-30-25-22-19-18-21-23-27-32-37-42-49-56-63-76(3)4)74-99-103(91,92)97-70-79(86)71-98-104(93,94)100-75-81(73-96-83(88)67-60-53-48-47-51-58-65-78(7)9-2)102-85(90)69-62-55-46-41-36-31-26-28-33-38-43-50-57-64-77(5)6/h76-81,86H,8-75H2,1-7H3,(H,91,92)(H,93,94)/t78?,79-,80-,81-/m1/s1. The van der Waals surface area contributed by atoms with Gasteiger partial charge in [-0.15, -0.1) is 0 Å². The predicted octanol–water partition coefficient (Wildman–Crippen LogP) is 25.7. The molecule has 0 saturated heterocycles. The lowest BCUT2D eigenvalue weighted by atomic mass is 10.00. The topological polar surface area (TPSA) is 237 Å². The van der Waals surface area contributed by atoms with Crippen molar-refractivity contribution in [2.24, 2.45) is 17.8 Å². The lowest BCUT2D eigenvalue weighted by Gasteiger charge is -2.21. The van der Waals surface area contributed by atoms with Gasteiger partial charge in [-0.2, -0.15) is 0 Å². The lowest BCUT2D eigenvalue weighted by Crippen LogP contribution is -2.30. The van der Waals surface area contributed by atoms with Crippen LogP contribution in [0.4, 0.5) is 0 Å². The molecule has 6 atom stereocenters. The van der Waals surface area contributed by atoms with Gasteiger partial charge in [0.1, 0.15) is 19.3 Å². The SMILES string of the molecule is CCCCCCCCCCCCCCCCCCCC(=O)OC[C@H](COP(=O)(O)OC[C@@H](O)COP(=O)(O)OC[C@@H](COC(=O)CCCCCCCCC(C)CC)OC(=O)CCCCCCCCCCCCCCCC(C)C)OC(=O)CCCCCCCCCCCCCCCCCCCCC(C)C. The number of phosphoric acid groups is 2. The number of rotatable bonds is 83. The molecule has 0 aliphatic rings. The van der Waals surface area contributed by atoms with E-state index in [1.54, 1.807) is 0 Å². The lowest BCUT2D eigenvalue weighted by molar-refractivity contribution is -0.161. The summed E-state index contributed by atoms with van der Waals surface area (Å²) in [4.78, 5) is 73.2. The fraction of sp³-hybridized carbons (Fsp3) is 0.953. The highest BCUT2D eigenvalue weighted by Gasteiger charge is 2.30. The quantitative estimate of drug-likeness (QED) is 0.0222. The van der Waals surface area contributed by atoms with Crippen LogP contribution < -0.4 is 0 Å². The first-order valence-corrected chi connectivity index (χ1v) is 46.9. The molecule has 0 aliphatic heterocycles. The predicted molar refractivity (Wildman–Crippen MR) is 428 cm³/mol. The van der Waals surface area contributed by atoms with Crippen LogP contribution in [0.25, 0.3) is 0 Å². The van der Waals surface area contributed by atoms with Crippen LogP contribution in [-0.2, 0) is 65.4 Å². The van der Waals surface area contributed by atoms with E-state index in [0.717, 1.165) is 114 Å². The number of hydrogen-bond donors (Lipinski definition) is 3. The van der Waals surface area contributed by atoms with Gasteiger partial charge in [0.15, 0.2) is 12.2 Å². The second-order valence-electron chi connectivity index (χ2n) is 31.8. The summed E-state index contributed by atoms with van der Waals surface area (Å²) in [5, 5.41) is 10.7. The van der Waals surface area contributed by atoms with E-state index in [0.29, 0.717) is 25.7 Å². The van der Waals surface area contributed by atoms with E-state index in [2.05, 4.69) is 48.5 Å². The number of hydrogen-bond acceptors (Lipinski definition) is 15. The van der Waals surface area contributed by atoms with Crippen LogP contribution in [0, 0.1) is 17.8 Å². The first-order chi connectivity index (χ1) is 50.3. The Morgan fingerprint density at radius 1 is 0.279 bits per heavy atom. The Morgan fingerprint density at radius 3 is 0.731 bits per heavy atom. The van der Waals surface area contributed by atoms with E-state index in [9.17, 15) is 43.2 Å². The molecule has 0 fully saturated rings. The van der Waals surface area contributed by atoms with Gasteiger partial charge in [-0.25, -0.2) is 9.13 Å². The van der Waals surface area contributed by atoms with Gasteiger partial charge in [-0.1, -0.05) is 395 Å². The number of ether oxygens (including phenoxy) is 4. The maximum atomic E-state index is 13.1. The Hall–Kier alpha value is -1.94. The monoisotopic (exact) mass is 1520 g/mol. The van der Waals surface area contributed by atoms with Gasteiger partial charge in [0.05, 0.1) is 26.4 Å². The Labute approximate surface area is 638 Å². The minimum atomic E-state index is -4.97. The summed E-state index contributed by atoms with van der Waals surface area (Å²) < 4.78 is 68.9. The molecule has 0 aromatic carbocycles. The summed E-state index contributed by atoms with van der Waals surface area (Å²) >= 11 is 0. The summed E-state index contributed by atoms with van der Waals surface area (Å²) in [5.41, 5.74) is 0. The van der Waals surface area contributed by atoms with E-state index < -0.39 is 97.5 Å². The first kappa shape index (κ1) is 102. The van der Waals surface area contributed by atoms with Crippen molar-refractivity contribution in [3.05, 3.63) is 0 Å². The number of carbonyl (C=O) groups excluding carboxylic acids is 4. The first-order valence-electron chi connectivity index (χ1n) is 43.9. The van der Waals surface area contributed by atoms with E-state index in [1.807, 2.05) is 0 Å². The highest BCUT2D eigenvalue weighted by Crippen LogP contribution is 2.45. The summed E-state index contributed by atoms with van der Waals surface area (Å²) in [7, 11) is -9.93. The molecule has 19 heteroatoms. The highest BCUT2D eigenvalue weighted by atomic mass is 31.2. The second-order valence-corrected chi connectivity index (χ2v) is 34.7. The summed E-state index contributed by atoms with van der Waals surface area (Å²) in [6.45, 7) is 12.0. The number of aliphatic hydroxyl groups is 1. The van der Waals surface area contributed by atoms with Crippen LogP contribution in [0.1, 0.15) is 447 Å². The van der Waals surface area contributed by atoms with Crippen molar-refractivity contribution in [1.82, 2.24) is 0 Å². The molecule has 0 spiro atoms. The maximum Gasteiger partial charge on any atom is 0.472 e. The Bertz CT molecular complexity index is 2010. The molecule has 0 radical (unpaired) electrons. The van der Waals surface area contributed by atoms with Crippen LogP contribution in [0.2, 0.25) is 0 Å².